The minimum absolute atomic E-state index is 0. The predicted molar refractivity (Wildman–Crippen MR) is 428 cm³/mol. The molecule has 0 unspecified atom stereocenters. The van der Waals surface area contributed by atoms with Crippen LogP contribution in [0.5, 0.6) is 0 Å². The quantitative estimate of drug-likeness (QED) is 0.0609. The van der Waals surface area contributed by atoms with Crippen LogP contribution in [0, 0.1) is 30.5 Å². The maximum Gasteiger partial charge on any atom is 0.144 e. The summed E-state index contributed by atoms with van der Waals surface area (Å²) < 4.78 is 39.7. The predicted octanol–water partition coefficient (Wildman–Crippen LogP) is 16.1. The molecule has 6 heterocycles. The van der Waals surface area contributed by atoms with Crippen molar-refractivity contribution in [2.45, 2.75) is 122 Å². The second-order valence-corrected chi connectivity index (χ2v) is 37.7. The van der Waals surface area contributed by atoms with Crippen molar-refractivity contribution in [2.75, 3.05) is 20.5 Å². The van der Waals surface area contributed by atoms with Gasteiger partial charge in [0.25, 0.3) is 0 Å². The maximum absolute atomic E-state index is 9.08. The zero-order valence-corrected chi connectivity index (χ0v) is 67.7. The molecule has 524 valence electrons. The average Bonchev–Trinajstić information content (AvgIpc) is 1.62. The van der Waals surface area contributed by atoms with E-state index in [0.717, 1.165) is 110 Å². The number of fused-ring (bicyclic) bond motifs is 6. The Morgan fingerprint density at radius 1 is 0.500 bits per heavy atom. The van der Waals surface area contributed by atoms with E-state index in [9.17, 15) is 0 Å². The van der Waals surface area contributed by atoms with Crippen molar-refractivity contribution >= 4 is 124 Å². The summed E-state index contributed by atoms with van der Waals surface area (Å²) in [4.78, 5) is 18.1. The topological polar surface area (TPSA) is 175 Å². The van der Waals surface area contributed by atoms with Gasteiger partial charge in [-0.25, -0.2) is 8.42 Å². The van der Waals surface area contributed by atoms with Gasteiger partial charge in [-0.2, -0.15) is 0 Å². The summed E-state index contributed by atoms with van der Waals surface area (Å²) in [5.41, 5.74) is 14.6. The molecule has 6 aromatic heterocycles. The van der Waals surface area contributed by atoms with Crippen molar-refractivity contribution in [2.24, 2.45) is 0 Å². The van der Waals surface area contributed by atoms with E-state index in [1.165, 1.54) is 91.1 Å². The first-order valence-electron chi connectivity index (χ1n) is 33.7. The SMILES string of the molecule is C#CC.CO.CO.CS(=O)(=O)[O-].C[Si](C)(C)c1ccc2c(c1)oc1c(-c3ccccn3)[c-]ccc12.C[Si](C)(C)c1ccc2c(c1)oc1c(-c3ccccn3)cccc12.[B]B([B])B([B])[B].[Ir].[Ir].[c-]1ccccc1-c1ccc(C2CCCCC2)cn1.[c-]1ccccc1-c1ccc(C2CCCCC2)cn1. The summed E-state index contributed by atoms with van der Waals surface area (Å²) in [6, 6.07) is 70.0. The van der Waals surface area contributed by atoms with E-state index >= 15 is 0 Å². The number of aromatic nitrogens is 4. The normalized spacial score (nSPS) is 12.5. The summed E-state index contributed by atoms with van der Waals surface area (Å²) in [6.07, 6.45) is 25.4. The molecule has 2 aliphatic rings. The average molecular weight is 1760 g/mol. The van der Waals surface area contributed by atoms with E-state index in [-0.39, 0.29) is 40.2 Å². The molecule has 0 saturated heterocycles. The molecule has 6 aromatic carbocycles. The Balaban J connectivity index is 0.000000266. The molecule has 0 aliphatic heterocycles. The van der Waals surface area contributed by atoms with Gasteiger partial charge in [0.15, 0.2) is 0 Å². The van der Waals surface area contributed by atoms with Crippen LogP contribution in [-0.2, 0) is 50.3 Å². The standard InChI is InChI=1S/C20H19NOSi.C20H18NOSi.2C17H18N.C3H4.CH4O3S.2CH4O.B6.2Ir/c2*1-23(2,3)14-10-11-15-16-7-6-8-17(18-9-4-5-12-21-18)20(16)22-19(15)13-14;2*1-3-7-14(8-4-1)16-11-12-17(18-13-16)15-9-5-2-6-10-15;1-3-2;1-5(2,3)4;2*1-2;1-5(2)6(3)4;;/h4-13H,1-3H3;4-7,9-13H,1-3H3;2*2,5-6,9,11-14H,1,3-4,7-8H2;1H,2H3;1H3,(H,2,3,4);2*2H,1H3;;;/q;3*-1;;;;;;;/p-1. The number of rotatable bonds is 9. The molecule has 2 saturated carbocycles. The van der Waals surface area contributed by atoms with E-state index in [1.807, 2.05) is 85.1 Å². The first kappa shape index (κ1) is 87.4. The Kier molecular flexibility index (Phi) is 37.7. The molecule has 2 aliphatic carbocycles. The molecular weight excluding hydrogens is 1670 g/mol. The second kappa shape index (κ2) is 44.0. The van der Waals surface area contributed by atoms with Crippen LogP contribution < -0.4 is 10.4 Å². The van der Waals surface area contributed by atoms with Crippen LogP contribution in [0.15, 0.2) is 210 Å². The van der Waals surface area contributed by atoms with E-state index in [0.29, 0.717) is 6.26 Å². The van der Waals surface area contributed by atoms with Gasteiger partial charge in [-0.3, -0.25) is 4.98 Å². The zero-order chi connectivity index (χ0) is 72.8. The Morgan fingerprint density at radius 3 is 1.28 bits per heavy atom. The van der Waals surface area contributed by atoms with Crippen molar-refractivity contribution in [3.63, 3.8) is 0 Å². The van der Waals surface area contributed by atoms with Crippen molar-refractivity contribution in [3.8, 4) is 57.4 Å². The van der Waals surface area contributed by atoms with Crippen LogP contribution in [0.1, 0.15) is 94.1 Å². The van der Waals surface area contributed by atoms with E-state index in [4.69, 9.17) is 63.0 Å². The summed E-state index contributed by atoms with van der Waals surface area (Å²) in [5, 5.41) is 21.5. The number of aliphatic hydroxyl groups is 2. The number of furan rings is 2. The third kappa shape index (κ3) is 26.9. The largest absolute Gasteiger partial charge is 0.748 e. The van der Waals surface area contributed by atoms with Gasteiger partial charge in [-0.05, 0) is 109 Å². The number of benzene rings is 6. The van der Waals surface area contributed by atoms with Gasteiger partial charge < -0.3 is 38.6 Å². The number of pyridine rings is 4. The molecule has 22 heteroatoms. The molecule has 0 bridgehead atoms. The van der Waals surface area contributed by atoms with Crippen molar-refractivity contribution in [1.82, 2.24) is 19.9 Å². The molecule has 0 atom stereocenters. The Hall–Kier alpha value is -6.97. The molecule has 12 aromatic rings. The third-order valence-corrected chi connectivity index (χ3v) is 20.8. The minimum Gasteiger partial charge on any atom is -0.748 e. The van der Waals surface area contributed by atoms with Gasteiger partial charge in [-0.1, -0.05) is 178 Å². The Morgan fingerprint density at radius 2 is 0.912 bits per heavy atom. The van der Waals surface area contributed by atoms with Crippen LogP contribution in [0.4, 0.5) is 0 Å². The molecule has 14 rings (SSSR count). The summed E-state index contributed by atoms with van der Waals surface area (Å²) in [7, 11) is 15.2. The minimum atomic E-state index is -3.92. The van der Waals surface area contributed by atoms with Crippen LogP contribution >= 0.6 is 0 Å². The molecule has 2 fully saturated rings. The first-order chi connectivity index (χ1) is 48.0. The number of nitrogens with zero attached hydrogens (tertiary/aromatic N) is 4. The first-order valence-corrected chi connectivity index (χ1v) is 42.5. The molecule has 0 amide bonds. The fourth-order valence-electron chi connectivity index (χ4n) is 11.5. The summed E-state index contributed by atoms with van der Waals surface area (Å²) in [5.74, 6) is 3.72. The van der Waals surface area contributed by atoms with E-state index in [2.05, 4.69) is 199 Å². The van der Waals surface area contributed by atoms with Gasteiger partial charge in [0, 0.05) is 151 Å². The van der Waals surface area contributed by atoms with Gasteiger partial charge in [0.2, 0.25) is 0 Å². The molecule has 102 heavy (non-hydrogen) atoms. The molecule has 10 radical (unpaired) electrons. The smallest absolute Gasteiger partial charge is 0.144 e. The van der Waals surface area contributed by atoms with Crippen molar-refractivity contribution < 1.29 is 72.2 Å². The van der Waals surface area contributed by atoms with Gasteiger partial charge in [-0.15, -0.1) is 102 Å². The summed E-state index contributed by atoms with van der Waals surface area (Å²) >= 11 is 0. The van der Waals surface area contributed by atoms with Crippen LogP contribution in [0.2, 0.25) is 39.3 Å². The van der Waals surface area contributed by atoms with Crippen LogP contribution in [0.25, 0.3) is 88.9 Å². The van der Waals surface area contributed by atoms with Gasteiger partial charge in [0.05, 0.1) is 37.5 Å². The number of hydrogen-bond acceptors (Lipinski definition) is 11. The Labute approximate surface area is 641 Å². The maximum atomic E-state index is 9.08. The fraction of sp³-hybridized carbons (Fsp3) is 0.275. The number of terminal acetylenes is 1. The van der Waals surface area contributed by atoms with Gasteiger partial charge >= 0.3 is 0 Å². The van der Waals surface area contributed by atoms with Crippen LogP contribution in [0.3, 0.4) is 0 Å². The number of hydrogen-bond donors (Lipinski definition) is 2. The van der Waals surface area contributed by atoms with Crippen molar-refractivity contribution in [1.29, 1.82) is 0 Å². The third-order valence-electron chi connectivity index (χ3n) is 16.7. The number of aliphatic hydroxyl groups excluding tert-OH is 2. The molecule has 0 spiro atoms. The zero-order valence-electron chi connectivity index (χ0n) is 60.1. The monoisotopic (exact) mass is 1760 g/mol. The number of para-hydroxylation sites is 1. The fourth-order valence-corrected chi connectivity index (χ4v) is 13.8. The van der Waals surface area contributed by atoms with Crippen LogP contribution in [-0.4, -0.2) is 123 Å². The molecular formula is C80H88B6Ir2N4O7SSi2-4. The summed E-state index contributed by atoms with van der Waals surface area (Å²) in [6.45, 7) is 15.8. The Bertz CT molecular complexity index is 4260. The second-order valence-electron chi connectivity index (χ2n) is 26.2. The van der Waals surface area contributed by atoms with Crippen molar-refractivity contribution in [3.05, 3.63) is 230 Å². The van der Waals surface area contributed by atoms with E-state index in [1.54, 1.807) is 13.1 Å². The van der Waals surface area contributed by atoms with Gasteiger partial charge in [0.1, 0.15) is 16.7 Å². The molecule has 11 nitrogen and oxygen atoms in total. The van der Waals surface area contributed by atoms with E-state index < -0.39 is 39.0 Å². The molecule has 2 N–H and O–H groups in total.